The Bertz CT molecular complexity index is 1600. The molecule has 258 valence electrons. The molecule has 3 amide bonds. The molecule has 1 saturated heterocycles. The van der Waals surface area contributed by atoms with Crippen molar-refractivity contribution in [1.82, 2.24) is 19.6 Å². The molecule has 3 aliphatic rings. The standard InChI is InChI=1S/C37H49N5O6/c1-36(2,3)47-34(44)41(35(45)48-37(4,5)6)23-26-20-29(21-26)42-31-15-14-28(22-30(31)32(38-42)27-12-13-27)39-16-18-40(19-17-39)33(43)46-24-25-10-8-7-9-11-25/h7-11,14-15,22,26-27,29H,12-13,16-21,23-24H2,1-6H3. The molecule has 48 heavy (non-hydrogen) atoms. The molecular weight excluding hydrogens is 610 g/mol. The zero-order chi connectivity index (χ0) is 34.2. The first-order chi connectivity index (χ1) is 22.7. The van der Waals surface area contributed by atoms with Gasteiger partial charge in [0.2, 0.25) is 0 Å². The van der Waals surface area contributed by atoms with Crippen molar-refractivity contribution >= 4 is 34.9 Å². The molecule has 3 fully saturated rings. The molecule has 11 nitrogen and oxygen atoms in total. The smallest absolute Gasteiger partial charge is 0.419 e. The molecule has 1 aliphatic heterocycles. The van der Waals surface area contributed by atoms with E-state index in [1.807, 2.05) is 30.3 Å². The highest BCUT2D eigenvalue weighted by Gasteiger charge is 2.40. The summed E-state index contributed by atoms with van der Waals surface area (Å²) in [6.45, 7) is 13.9. The topological polar surface area (TPSA) is 106 Å². The second-order valence-corrected chi connectivity index (χ2v) is 15.4. The number of piperazine rings is 1. The Hall–Kier alpha value is -4.28. The summed E-state index contributed by atoms with van der Waals surface area (Å²) >= 11 is 0. The number of hydrogen-bond acceptors (Lipinski definition) is 8. The number of amides is 3. The van der Waals surface area contributed by atoms with Gasteiger partial charge >= 0.3 is 18.3 Å². The summed E-state index contributed by atoms with van der Waals surface area (Å²) in [4.78, 5) is 44.0. The molecule has 1 aromatic heterocycles. The lowest BCUT2D eigenvalue weighted by Crippen LogP contribution is -2.48. The maximum absolute atomic E-state index is 13.0. The van der Waals surface area contributed by atoms with Crippen molar-refractivity contribution in [2.24, 2.45) is 5.92 Å². The Balaban J connectivity index is 1.09. The third-order valence-electron chi connectivity index (χ3n) is 9.02. The quantitative estimate of drug-likeness (QED) is 0.240. The zero-order valence-corrected chi connectivity index (χ0v) is 29.1. The fourth-order valence-corrected chi connectivity index (χ4v) is 6.41. The van der Waals surface area contributed by atoms with E-state index in [4.69, 9.17) is 19.3 Å². The number of fused-ring (bicyclic) bond motifs is 1. The maximum Gasteiger partial charge on any atom is 0.419 e. The Labute approximate surface area is 283 Å². The highest BCUT2D eigenvalue weighted by Crippen LogP contribution is 2.46. The van der Waals surface area contributed by atoms with Crippen LogP contribution in [0.5, 0.6) is 0 Å². The summed E-state index contributed by atoms with van der Waals surface area (Å²) in [5, 5.41) is 6.34. The molecule has 0 spiro atoms. The van der Waals surface area contributed by atoms with E-state index in [9.17, 15) is 14.4 Å². The lowest BCUT2D eigenvalue weighted by molar-refractivity contribution is -0.00632. The van der Waals surface area contributed by atoms with Crippen molar-refractivity contribution in [3.63, 3.8) is 0 Å². The van der Waals surface area contributed by atoms with E-state index >= 15 is 0 Å². The lowest BCUT2D eigenvalue weighted by atomic mass is 9.80. The second-order valence-electron chi connectivity index (χ2n) is 15.4. The van der Waals surface area contributed by atoms with E-state index in [0.29, 0.717) is 19.0 Å². The fourth-order valence-electron chi connectivity index (χ4n) is 6.41. The number of nitrogens with zero attached hydrogens (tertiary/aromatic N) is 5. The number of carbonyl (C=O) groups is 3. The average Bonchev–Trinajstić information content (AvgIpc) is 3.78. The molecule has 3 aromatic rings. The van der Waals surface area contributed by atoms with Gasteiger partial charge in [-0.2, -0.15) is 5.10 Å². The van der Waals surface area contributed by atoms with Crippen molar-refractivity contribution in [3.05, 3.63) is 59.8 Å². The van der Waals surface area contributed by atoms with Gasteiger partial charge in [0.25, 0.3) is 0 Å². The van der Waals surface area contributed by atoms with Gasteiger partial charge in [-0.25, -0.2) is 19.3 Å². The van der Waals surface area contributed by atoms with E-state index in [0.717, 1.165) is 66.1 Å². The van der Waals surface area contributed by atoms with Crippen molar-refractivity contribution < 1.29 is 28.6 Å². The Morgan fingerprint density at radius 2 is 1.48 bits per heavy atom. The minimum Gasteiger partial charge on any atom is -0.445 e. The van der Waals surface area contributed by atoms with Gasteiger partial charge in [0, 0.05) is 49.7 Å². The molecule has 0 N–H and O–H groups in total. The normalized spacial score (nSPS) is 19.9. The summed E-state index contributed by atoms with van der Waals surface area (Å²) in [5.41, 5.74) is 2.93. The van der Waals surface area contributed by atoms with Crippen molar-refractivity contribution in [1.29, 1.82) is 0 Å². The number of hydrogen-bond donors (Lipinski definition) is 0. The second kappa shape index (κ2) is 13.3. The van der Waals surface area contributed by atoms with E-state index in [2.05, 4.69) is 27.8 Å². The number of imide groups is 1. The lowest BCUT2D eigenvalue weighted by Gasteiger charge is -2.38. The van der Waals surface area contributed by atoms with Crippen molar-refractivity contribution in [2.75, 3.05) is 37.6 Å². The van der Waals surface area contributed by atoms with Crippen molar-refractivity contribution in [3.8, 4) is 0 Å². The summed E-state index contributed by atoms with van der Waals surface area (Å²) in [5.74, 6) is 0.597. The van der Waals surface area contributed by atoms with Crippen LogP contribution >= 0.6 is 0 Å². The molecule has 0 unspecified atom stereocenters. The first-order valence-corrected chi connectivity index (χ1v) is 17.2. The van der Waals surface area contributed by atoms with E-state index in [1.54, 1.807) is 46.4 Å². The molecule has 2 saturated carbocycles. The highest BCUT2D eigenvalue weighted by molar-refractivity contribution is 5.88. The molecule has 0 radical (unpaired) electrons. The van der Waals surface area contributed by atoms with E-state index in [-0.39, 0.29) is 31.2 Å². The molecule has 2 aromatic carbocycles. The molecule has 2 heterocycles. The van der Waals surface area contributed by atoms with Crippen LogP contribution in [0.25, 0.3) is 10.9 Å². The number of rotatable bonds is 7. The first-order valence-electron chi connectivity index (χ1n) is 17.2. The van der Waals surface area contributed by atoms with Gasteiger partial charge in [0.15, 0.2) is 0 Å². The SMILES string of the molecule is CC(C)(C)OC(=O)N(CC1CC(n2nc(C3CC3)c3cc(N4CCN(C(=O)OCc5ccccc5)CC4)ccc32)C1)C(=O)OC(C)(C)C. The number of aromatic nitrogens is 2. The largest absolute Gasteiger partial charge is 0.445 e. The Morgan fingerprint density at radius 3 is 2.06 bits per heavy atom. The van der Waals surface area contributed by atoms with Crippen LogP contribution in [0.15, 0.2) is 48.5 Å². The predicted octanol–water partition coefficient (Wildman–Crippen LogP) is 7.50. The monoisotopic (exact) mass is 659 g/mol. The van der Waals surface area contributed by atoms with Crippen LogP contribution in [-0.2, 0) is 20.8 Å². The van der Waals surface area contributed by atoms with Gasteiger partial charge in [0.1, 0.15) is 17.8 Å². The summed E-state index contributed by atoms with van der Waals surface area (Å²) < 4.78 is 18.8. The molecular formula is C37H49N5O6. The van der Waals surface area contributed by atoms with Gasteiger partial charge in [-0.05, 0) is 96.9 Å². The first kappa shape index (κ1) is 33.6. The maximum atomic E-state index is 13.0. The van der Waals surface area contributed by atoms with E-state index in [1.165, 1.54) is 5.39 Å². The van der Waals surface area contributed by atoms with Gasteiger partial charge in [-0.1, -0.05) is 30.3 Å². The van der Waals surface area contributed by atoms with Crippen LogP contribution in [0.4, 0.5) is 20.1 Å². The third-order valence-corrected chi connectivity index (χ3v) is 9.02. The van der Waals surface area contributed by atoms with Gasteiger partial charge < -0.3 is 24.0 Å². The minimum atomic E-state index is -0.729. The van der Waals surface area contributed by atoms with Crippen LogP contribution in [0.2, 0.25) is 0 Å². The van der Waals surface area contributed by atoms with Crippen LogP contribution in [0.1, 0.15) is 90.4 Å². The van der Waals surface area contributed by atoms with Gasteiger partial charge in [-0.15, -0.1) is 0 Å². The summed E-state index contributed by atoms with van der Waals surface area (Å²) in [6.07, 6.45) is 2.25. The summed E-state index contributed by atoms with van der Waals surface area (Å²) in [7, 11) is 0. The minimum absolute atomic E-state index is 0.119. The van der Waals surface area contributed by atoms with E-state index < -0.39 is 23.4 Å². The molecule has 2 aliphatic carbocycles. The van der Waals surface area contributed by atoms with Crippen LogP contribution in [0, 0.1) is 5.92 Å². The van der Waals surface area contributed by atoms with Crippen molar-refractivity contribution in [2.45, 2.75) is 97.0 Å². The van der Waals surface area contributed by atoms with Gasteiger partial charge in [0.05, 0.1) is 17.3 Å². The molecule has 0 atom stereocenters. The molecule has 11 heteroatoms. The summed E-state index contributed by atoms with van der Waals surface area (Å²) in [6, 6.07) is 16.5. The Kier molecular flexibility index (Phi) is 9.33. The zero-order valence-electron chi connectivity index (χ0n) is 29.1. The van der Waals surface area contributed by atoms with Crippen LogP contribution in [-0.4, -0.2) is 81.8 Å². The van der Waals surface area contributed by atoms with Gasteiger partial charge in [-0.3, -0.25) is 4.68 Å². The van der Waals surface area contributed by atoms with Crippen LogP contribution in [0.3, 0.4) is 0 Å². The highest BCUT2D eigenvalue weighted by atomic mass is 16.6. The number of anilines is 1. The average molecular weight is 660 g/mol. The Morgan fingerprint density at radius 1 is 0.854 bits per heavy atom. The fraction of sp³-hybridized carbons (Fsp3) is 0.568. The predicted molar refractivity (Wildman–Crippen MR) is 183 cm³/mol. The third kappa shape index (κ3) is 8.05. The number of carbonyl (C=O) groups excluding carboxylic acids is 3. The van der Waals surface area contributed by atoms with Crippen LogP contribution < -0.4 is 4.90 Å². The number of benzene rings is 2. The molecule has 6 rings (SSSR count). The number of ether oxygens (including phenoxy) is 3. The molecule has 0 bridgehead atoms.